The van der Waals surface area contributed by atoms with E-state index < -0.39 is 26.7 Å². The lowest BCUT2D eigenvalue weighted by molar-refractivity contribution is -0.384. The van der Waals surface area contributed by atoms with Gasteiger partial charge in [0.2, 0.25) is 0 Å². The van der Waals surface area contributed by atoms with E-state index in [1.807, 2.05) is 0 Å². The maximum atomic E-state index is 12.1. The van der Waals surface area contributed by atoms with Crippen molar-refractivity contribution in [2.45, 2.75) is 16.7 Å². The number of halogens is 1. The number of hydrogen-bond acceptors (Lipinski definition) is 6. The minimum Gasteiger partial charge on any atom is -0.392 e. The van der Waals surface area contributed by atoms with Gasteiger partial charge in [-0.25, -0.2) is 8.42 Å². The Kier molecular flexibility index (Phi) is 3.60. The quantitative estimate of drug-likeness (QED) is 0.664. The molecular weight excluding hydrogens is 304 g/mol. The summed E-state index contributed by atoms with van der Waals surface area (Å²) in [4.78, 5) is 9.89. The van der Waals surface area contributed by atoms with Crippen molar-refractivity contribution < 1.29 is 18.4 Å². The molecule has 1 aliphatic heterocycles. The highest BCUT2D eigenvalue weighted by Crippen LogP contribution is 2.38. The maximum Gasteiger partial charge on any atom is 0.300 e. The van der Waals surface area contributed by atoms with E-state index in [0.717, 1.165) is 10.4 Å². The van der Waals surface area contributed by atoms with Gasteiger partial charge in [-0.05, 0) is 6.42 Å². The summed E-state index contributed by atoms with van der Waals surface area (Å²) in [7, 11) is -3.80. The number of nitrogens with zero attached hydrogens (tertiary/aromatic N) is 2. The number of rotatable bonds is 3. The van der Waals surface area contributed by atoms with Gasteiger partial charge in [-0.15, -0.1) is 11.3 Å². The van der Waals surface area contributed by atoms with Gasteiger partial charge in [0.05, 0.1) is 11.0 Å². The molecule has 0 spiro atoms. The first-order valence-corrected chi connectivity index (χ1v) is 7.58. The molecule has 1 aromatic rings. The molecule has 0 unspecified atom stereocenters. The van der Waals surface area contributed by atoms with Gasteiger partial charge in [-0.2, -0.15) is 4.31 Å². The summed E-state index contributed by atoms with van der Waals surface area (Å²) in [6.45, 7) is 0.207. The van der Waals surface area contributed by atoms with Crippen LogP contribution in [-0.4, -0.2) is 41.9 Å². The minimum atomic E-state index is -3.80. The third-order valence-electron chi connectivity index (χ3n) is 2.56. The predicted octanol–water partition coefficient (Wildman–Crippen LogP) is 1.07. The fraction of sp³-hybridized carbons (Fsp3) is 0.500. The second-order valence-electron chi connectivity index (χ2n) is 3.79. The molecule has 0 radical (unpaired) electrons. The first kappa shape index (κ1) is 13.7. The topological polar surface area (TPSA) is 101 Å². The van der Waals surface area contributed by atoms with Gasteiger partial charge in [-0.3, -0.25) is 10.1 Å². The van der Waals surface area contributed by atoms with E-state index in [2.05, 4.69) is 0 Å². The van der Waals surface area contributed by atoms with Gasteiger partial charge < -0.3 is 5.11 Å². The van der Waals surface area contributed by atoms with Crippen molar-refractivity contribution in [2.24, 2.45) is 0 Å². The Morgan fingerprint density at radius 2 is 2.28 bits per heavy atom. The van der Waals surface area contributed by atoms with Gasteiger partial charge in [0, 0.05) is 19.2 Å². The standard InChI is InChI=1S/C8H9ClN2O5S2/c9-8-6(11(13)14)3-7(17-8)18(15,16)10-2-1-5(12)4-10/h3,5,12H,1-2,4H2/t5-/m1/s1. The number of sulfonamides is 1. The van der Waals surface area contributed by atoms with Gasteiger partial charge >= 0.3 is 0 Å². The highest BCUT2D eigenvalue weighted by atomic mass is 35.5. The number of hydrogen-bond donors (Lipinski definition) is 1. The number of aliphatic hydroxyl groups is 1. The molecule has 0 bridgehead atoms. The fourth-order valence-electron chi connectivity index (χ4n) is 1.65. The Labute approximate surface area is 112 Å². The van der Waals surface area contributed by atoms with E-state index in [-0.39, 0.29) is 21.6 Å². The summed E-state index contributed by atoms with van der Waals surface area (Å²) >= 11 is 6.28. The van der Waals surface area contributed by atoms with E-state index in [9.17, 15) is 23.6 Å². The molecule has 10 heteroatoms. The van der Waals surface area contributed by atoms with Crippen LogP contribution in [0, 0.1) is 10.1 Å². The van der Waals surface area contributed by atoms with Crippen LogP contribution in [0.25, 0.3) is 0 Å². The van der Waals surface area contributed by atoms with E-state index in [4.69, 9.17) is 11.6 Å². The van der Waals surface area contributed by atoms with Crippen LogP contribution < -0.4 is 0 Å². The van der Waals surface area contributed by atoms with E-state index in [1.165, 1.54) is 0 Å². The van der Waals surface area contributed by atoms with Gasteiger partial charge in [0.15, 0.2) is 4.34 Å². The zero-order valence-electron chi connectivity index (χ0n) is 8.95. The zero-order valence-corrected chi connectivity index (χ0v) is 11.3. The monoisotopic (exact) mass is 312 g/mol. The third-order valence-corrected chi connectivity index (χ3v) is 6.22. The summed E-state index contributed by atoms with van der Waals surface area (Å²) < 4.78 is 25.0. The number of aliphatic hydroxyl groups excluding tert-OH is 1. The second kappa shape index (κ2) is 4.74. The van der Waals surface area contributed by atoms with Crippen LogP contribution in [0.15, 0.2) is 10.3 Å². The van der Waals surface area contributed by atoms with Crippen molar-refractivity contribution in [1.82, 2.24) is 4.31 Å². The van der Waals surface area contributed by atoms with E-state index in [1.54, 1.807) is 0 Å². The Hall–Kier alpha value is -0.740. The average molecular weight is 313 g/mol. The summed E-state index contributed by atoms with van der Waals surface area (Å²) in [5.74, 6) is 0. The van der Waals surface area contributed by atoms with Crippen molar-refractivity contribution in [1.29, 1.82) is 0 Å². The Morgan fingerprint density at radius 3 is 2.72 bits per heavy atom. The first-order valence-electron chi connectivity index (χ1n) is 4.94. The Morgan fingerprint density at radius 1 is 1.61 bits per heavy atom. The smallest absolute Gasteiger partial charge is 0.300 e. The van der Waals surface area contributed by atoms with Crippen LogP contribution in [0.3, 0.4) is 0 Å². The molecule has 0 saturated carbocycles. The molecule has 1 saturated heterocycles. The van der Waals surface area contributed by atoms with Gasteiger partial charge in [-0.1, -0.05) is 11.6 Å². The lowest BCUT2D eigenvalue weighted by Gasteiger charge is -2.13. The Balaban J connectivity index is 2.36. The molecule has 1 aliphatic rings. The molecule has 18 heavy (non-hydrogen) atoms. The van der Waals surface area contributed by atoms with Crippen molar-refractivity contribution in [2.75, 3.05) is 13.1 Å². The molecule has 1 fully saturated rings. The van der Waals surface area contributed by atoms with Crippen LogP contribution in [0.4, 0.5) is 5.69 Å². The zero-order chi connectivity index (χ0) is 13.5. The molecule has 1 aromatic heterocycles. The molecule has 2 heterocycles. The molecule has 2 rings (SSSR count). The van der Waals surface area contributed by atoms with E-state index in [0.29, 0.717) is 17.8 Å². The molecule has 0 amide bonds. The van der Waals surface area contributed by atoms with Crippen molar-refractivity contribution in [3.05, 3.63) is 20.5 Å². The summed E-state index contributed by atoms with van der Waals surface area (Å²) in [5, 5.41) is 19.9. The average Bonchev–Trinajstić information content (AvgIpc) is 2.84. The molecular formula is C8H9ClN2O5S2. The van der Waals surface area contributed by atoms with Crippen LogP contribution in [-0.2, 0) is 10.0 Å². The first-order chi connectivity index (χ1) is 8.32. The molecule has 0 aromatic carbocycles. The van der Waals surface area contributed by atoms with Crippen LogP contribution in [0.1, 0.15) is 6.42 Å². The highest BCUT2D eigenvalue weighted by Gasteiger charge is 2.34. The maximum absolute atomic E-state index is 12.1. The van der Waals surface area contributed by atoms with Crippen LogP contribution >= 0.6 is 22.9 Å². The van der Waals surface area contributed by atoms with Gasteiger partial charge in [0.1, 0.15) is 4.21 Å². The normalized spacial score (nSPS) is 21.3. The van der Waals surface area contributed by atoms with Crippen molar-refractivity contribution in [3.63, 3.8) is 0 Å². The Bertz CT molecular complexity index is 584. The largest absolute Gasteiger partial charge is 0.392 e. The summed E-state index contributed by atoms with van der Waals surface area (Å²) in [6, 6.07) is 0.951. The molecule has 7 nitrogen and oxygen atoms in total. The van der Waals surface area contributed by atoms with Gasteiger partial charge in [0.25, 0.3) is 15.7 Å². The fourth-order valence-corrected chi connectivity index (χ4v) is 4.96. The number of nitro groups is 1. The SMILES string of the molecule is O=[N+]([O-])c1cc(S(=O)(=O)N2CC[C@@H](O)C2)sc1Cl. The lowest BCUT2D eigenvalue weighted by atomic mass is 10.3. The third kappa shape index (κ3) is 2.36. The molecule has 0 aliphatic carbocycles. The number of thiophene rings is 1. The minimum absolute atomic E-state index is 0.00561. The van der Waals surface area contributed by atoms with E-state index >= 15 is 0 Å². The summed E-state index contributed by atoms with van der Waals surface area (Å²) in [6.07, 6.45) is -0.328. The molecule has 100 valence electrons. The number of β-amino-alcohol motifs (C(OH)–C–C–N with tert-alkyl or cyclic N) is 1. The van der Waals surface area contributed by atoms with Crippen molar-refractivity contribution in [3.8, 4) is 0 Å². The predicted molar refractivity (Wildman–Crippen MR) is 65.4 cm³/mol. The molecule has 1 N–H and O–H groups in total. The molecule has 1 atom stereocenters. The summed E-state index contributed by atoms with van der Waals surface area (Å²) in [5.41, 5.74) is -0.417. The van der Waals surface area contributed by atoms with Crippen molar-refractivity contribution >= 4 is 38.6 Å². The lowest BCUT2D eigenvalue weighted by Crippen LogP contribution is -2.29. The van der Waals surface area contributed by atoms with Crippen LogP contribution in [0.5, 0.6) is 0 Å². The van der Waals surface area contributed by atoms with Crippen LogP contribution in [0.2, 0.25) is 4.34 Å². The highest BCUT2D eigenvalue weighted by molar-refractivity contribution is 7.91. The second-order valence-corrected chi connectivity index (χ2v) is 7.61.